The van der Waals surface area contributed by atoms with E-state index in [0.717, 1.165) is 13.0 Å². The highest BCUT2D eigenvalue weighted by Gasteiger charge is 2.24. The molecule has 1 saturated carbocycles. The van der Waals surface area contributed by atoms with E-state index in [1.165, 1.54) is 59.8 Å². The number of nitrogens with zero attached hydrogens (tertiary/aromatic N) is 3. The Morgan fingerprint density at radius 1 is 1.27 bits per heavy atom. The summed E-state index contributed by atoms with van der Waals surface area (Å²) < 4.78 is 2.19. The molecular formula is C17H24N4S. The first-order valence-corrected chi connectivity index (χ1v) is 9.35. The summed E-state index contributed by atoms with van der Waals surface area (Å²) in [6.45, 7) is 2.98. The van der Waals surface area contributed by atoms with Gasteiger partial charge in [0, 0.05) is 23.7 Å². The van der Waals surface area contributed by atoms with Gasteiger partial charge in [-0.1, -0.05) is 12.8 Å². The molecule has 0 bridgehead atoms. The number of aryl methyl sites for hydroxylation is 2. The summed E-state index contributed by atoms with van der Waals surface area (Å²) in [5, 5.41) is 9.68. The van der Waals surface area contributed by atoms with Crippen LogP contribution < -0.4 is 5.32 Å². The second kappa shape index (κ2) is 6.13. The van der Waals surface area contributed by atoms with Crippen LogP contribution in [-0.4, -0.2) is 14.8 Å². The number of thiazole rings is 1. The summed E-state index contributed by atoms with van der Waals surface area (Å²) in [7, 11) is 0. The lowest BCUT2D eigenvalue weighted by Crippen LogP contribution is -2.24. The molecule has 0 saturated heterocycles. The molecule has 1 fully saturated rings. The predicted molar refractivity (Wildman–Crippen MR) is 89.1 cm³/mol. The van der Waals surface area contributed by atoms with Crippen LogP contribution in [0.1, 0.15) is 71.9 Å². The van der Waals surface area contributed by atoms with Crippen LogP contribution in [0.3, 0.4) is 0 Å². The highest BCUT2D eigenvalue weighted by Crippen LogP contribution is 2.34. The molecule has 1 N–H and O–H groups in total. The smallest absolute Gasteiger partial charge is 0.0900 e. The SMILES string of the molecule is Cc1nc2c(s1)[C@@H](NCc1ccn(C3CCCC3)n1)CCC2. The Labute approximate surface area is 136 Å². The number of nitrogens with one attached hydrogen (secondary N) is 1. The molecule has 0 amide bonds. The number of rotatable bonds is 4. The van der Waals surface area contributed by atoms with E-state index in [-0.39, 0.29) is 0 Å². The van der Waals surface area contributed by atoms with Crippen molar-refractivity contribution in [2.24, 2.45) is 0 Å². The Bertz CT molecular complexity index is 639. The van der Waals surface area contributed by atoms with E-state index >= 15 is 0 Å². The molecular weight excluding hydrogens is 292 g/mol. The molecule has 4 nitrogen and oxygen atoms in total. The van der Waals surface area contributed by atoms with Crippen molar-refractivity contribution in [3.05, 3.63) is 33.5 Å². The third-order valence-electron chi connectivity index (χ3n) is 4.95. The summed E-state index contributed by atoms with van der Waals surface area (Å²) in [5.74, 6) is 0. The largest absolute Gasteiger partial charge is 0.303 e. The lowest BCUT2D eigenvalue weighted by atomic mass is 9.98. The van der Waals surface area contributed by atoms with Crippen LogP contribution in [0, 0.1) is 6.92 Å². The molecule has 2 aliphatic carbocycles. The minimum Gasteiger partial charge on any atom is -0.303 e. The predicted octanol–water partition coefficient (Wildman–Crippen LogP) is 3.93. The third-order valence-corrected chi connectivity index (χ3v) is 6.08. The standard InChI is InChI=1S/C17H24N4S/c1-12-19-16-8-4-7-15(17(16)22-12)18-11-13-9-10-21(20-13)14-5-2-3-6-14/h9-10,14-15,18H,2-8,11H2,1H3/t15-/m0/s1. The molecule has 0 spiro atoms. The number of hydrogen-bond acceptors (Lipinski definition) is 4. The Kier molecular flexibility index (Phi) is 4.01. The van der Waals surface area contributed by atoms with E-state index in [9.17, 15) is 0 Å². The van der Waals surface area contributed by atoms with E-state index in [0.29, 0.717) is 12.1 Å². The van der Waals surface area contributed by atoms with Gasteiger partial charge in [-0.3, -0.25) is 4.68 Å². The molecule has 2 aromatic heterocycles. The summed E-state index contributed by atoms with van der Waals surface area (Å²) >= 11 is 1.86. The molecule has 0 unspecified atom stereocenters. The molecule has 5 heteroatoms. The molecule has 2 aromatic rings. The lowest BCUT2D eigenvalue weighted by Gasteiger charge is -2.22. The molecule has 0 aliphatic heterocycles. The Hall–Kier alpha value is -1.20. The van der Waals surface area contributed by atoms with E-state index in [1.807, 2.05) is 11.3 Å². The zero-order chi connectivity index (χ0) is 14.9. The van der Waals surface area contributed by atoms with E-state index < -0.39 is 0 Å². The van der Waals surface area contributed by atoms with Crippen LogP contribution in [0.25, 0.3) is 0 Å². The van der Waals surface area contributed by atoms with Gasteiger partial charge < -0.3 is 5.32 Å². The van der Waals surface area contributed by atoms with Gasteiger partial charge in [0.25, 0.3) is 0 Å². The van der Waals surface area contributed by atoms with Gasteiger partial charge in [-0.05, 0) is 45.1 Å². The van der Waals surface area contributed by atoms with Crippen molar-refractivity contribution in [1.29, 1.82) is 0 Å². The maximum absolute atomic E-state index is 4.78. The van der Waals surface area contributed by atoms with Crippen molar-refractivity contribution in [2.75, 3.05) is 0 Å². The number of hydrogen-bond donors (Lipinski definition) is 1. The molecule has 0 radical (unpaired) electrons. The molecule has 2 aliphatic rings. The van der Waals surface area contributed by atoms with Gasteiger partial charge in [0.1, 0.15) is 0 Å². The van der Waals surface area contributed by atoms with Gasteiger partial charge in [0.15, 0.2) is 0 Å². The van der Waals surface area contributed by atoms with Crippen LogP contribution in [-0.2, 0) is 13.0 Å². The van der Waals surface area contributed by atoms with Crippen LogP contribution in [0.5, 0.6) is 0 Å². The number of fused-ring (bicyclic) bond motifs is 1. The second-order valence-electron chi connectivity index (χ2n) is 6.59. The fourth-order valence-electron chi connectivity index (χ4n) is 3.81. The number of aromatic nitrogens is 3. The van der Waals surface area contributed by atoms with E-state index in [2.05, 4.69) is 34.2 Å². The van der Waals surface area contributed by atoms with Crippen LogP contribution in [0.2, 0.25) is 0 Å². The molecule has 0 aromatic carbocycles. The van der Waals surface area contributed by atoms with Crippen molar-refractivity contribution in [3.8, 4) is 0 Å². The zero-order valence-corrected chi connectivity index (χ0v) is 14.0. The highest BCUT2D eigenvalue weighted by molar-refractivity contribution is 7.11. The molecule has 1 atom stereocenters. The first kappa shape index (κ1) is 14.4. The summed E-state index contributed by atoms with van der Waals surface area (Å²) in [5.41, 5.74) is 2.49. The monoisotopic (exact) mass is 316 g/mol. The first-order chi connectivity index (χ1) is 10.8. The van der Waals surface area contributed by atoms with Crippen LogP contribution in [0.4, 0.5) is 0 Å². The maximum atomic E-state index is 4.78. The van der Waals surface area contributed by atoms with Gasteiger partial charge in [-0.25, -0.2) is 4.98 Å². The lowest BCUT2D eigenvalue weighted by molar-refractivity contribution is 0.442. The Morgan fingerprint density at radius 3 is 3.00 bits per heavy atom. The second-order valence-corrected chi connectivity index (χ2v) is 7.83. The zero-order valence-electron chi connectivity index (χ0n) is 13.2. The maximum Gasteiger partial charge on any atom is 0.0900 e. The van der Waals surface area contributed by atoms with Gasteiger partial charge in [-0.2, -0.15) is 5.10 Å². The fourth-order valence-corrected chi connectivity index (χ4v) is 4.89. The fraction of sp³-hybridized carbons (Fsp3) is 0.647. The van der Waals surface area contributed by atoms with Crippen molar-refractivity contribution < 1.29 is 0 Å². The third kappa shape index (κ3) is 2.84. The van der Waals surface area contributed by atoms with Crippen LogP contribution >= 0.6 is 11.3 Å². The first-order valence-electron chi connectivity index (χ1n) is 8.53. The van der Waals surface area contributed by atoms with Crippen molar-refractivity contribution in [2.45, 2.75) is 70.5 Å². The Morgan fingerprint density at radius 2 is 2.14 bits per heavy atom. The van der Waals surface area contributed by atoms with Gasteiger partial charge in [0.2, 0.25) is 0 Å². The minimum atomic E-state index is 0.464. The quantitative estimate of drug-likeness (QED) is 0.929. The van der Waals surface area contributed by atoms with Gasteiger partial charge in [-0.15, -0.1) is 11.3 Å². The van der Waals surface area contributed by atoms with Gasteiger partial charge >= 0.3 is 0 Å². The average molecular weight is 316 g/mol. The summed E-state index contributed by atoms with van der Waals surface area (Å²) in [6, 6.07) is 3.28. The topological polar surface area (TPSA) is 42.7 Å². The van der Waals surface area contributed by atoms with Crippen molar-refractivity contribution in [1.82, 2.24) is 20.1 Å². The molecule has 2 heterocycles. The van der Waals surface area contributed by atoms with Crippen LogP contribution in [0.15, 0.2) is 12.3 Å². The summed E-state index contributed by atoms with van der Waals surface area (Å²) in [6.07, 6.45) is 11.1. The summed E-state index contributed by atoms with van der Waals surface area (Å²) in [4.78, 5) is 6.13. The normalized spacial score (nSPS) is 22.1. The average Bonchev–Trinajstić information content (AvgIpc) is 3.24. The van der Waals surface area contributed by atoms with E-state index in [4.69, 9.17) is 5.10 Å². The minimum absolute atomic E-state index is 0.464. The van der Waals surface area contributed by atoms with Gasteiger partial charge in [0.05, 0.1) is 22.4 Å². The molecule has 22 heavy (non-hydrogen) atoms. The molecule has 4 rings (SSSR count). The van der Waals surface area contributed by atoms with Crippen molar-refractivity contribution >= 4 is 11.3 Å². The van der Waals surface area contributed by atoms with E-state index in [1.54, 1.807) is 0 Å². The van der Waals surface area contributed by atoms with Crippen molar-refractivity contribution in [3.63, 3.8) is 0 Å². The Balaban J connectivity index is 1.41. The highest BCUT2D eigenvalue weighted by atomic mass is 32.1. The molecule has 118 valence electrons.